The van der Waals surface area contributed by atoms with Crippen LogP contribution in [0.3, 0.4) is 0 Å². The van der Waals surface area contributed by atoms with E-state index in [1.165, 1.54) is 16.8 Å². The fourth-order valence-corrected chi connectivity index (χ4v) is 3.63. The molecule has 0 aliphatic heterocycles. The Hall–Kier alpha value is -3.16. The Morgan fingerprint density at radius 1 is 1.14 bits per heavy atom. The highest BCUT2D eigenvalue weighted by molar-refractivity contribution is 9.10. The van der Waals surface area contributed by atoms with Gasteiger partial charge in [-0.3, -0.25) is 5.32 Å². The number of anilines is 1. The molecule has 0 radical (unpaired) electrons. The fraction of sp³-hybridized carbons (Fsp3) is 0.0556. The first-order valence-electron chi connectivity index (χ1n) is 7.96. The van der Waals surface area contributed by atoms with Crippen molar-refractivity contribution in [2.45, 2.75) is 11.8 Å². The van der Waals surface area contributed by atoms with Crippen LogP contribution in [-0.2, 0) is 10.0 Å². The van der Waals surface area contributed by atoms with Crippen LogP contribution in [0.2, 0.25) is 0 Å². The minimum Gasteiger partial charge on any atom is -0.290 e. The molecule has 3 rings (SSSR count). The smallest absolute Gasteiger partial charge is 0.290 e. The number of rotatable bonds is 4. The Balaban J connectivity index is 1.90. The van der Waals surface area contributed by atoms with Crippen molar-refractivity contribution in [1.82, 2.24) is 14.5 Å². The van der Waals surface area contributed by atoms with E-state index in [0.29, 0.717) is 15.9 Å². The van der Waals surface area contributed by atoms with Gasteiger partial charge in [-0.2, -0.15) is 10.4 Å². The van der Waals surface area contributed by atoms with Gasteiger partial charge in [0.2, 0.25) is 0 Å². The molecule has 0 saturated carbocycles. The molecule has 0 aliphatic carbocycles. The van der Waals surface area contributed by atoms with E-state index in [-0.39, 0.29) is 16.3 Å². The van der Waals surface area contributed by atoms with Crippen molar-refractivity contribution in [3.8, 4) is 11.8 Å². The SMILES string of the molecule is Cc1nn(-c2ccccc2)c(NC(=O)NS(=O)(=O)c2ccc(Br)cc2)c1C#N. The van der Waals surface area contributed by atoms with Gasteiger partial charge in [0.25, 0.3) is 10.0 Å². The molecule has 28 heavy (non-hydrogen) atoms. The molecule has 0 aliphatic rings. The maximum absolute atomic E-state index is 12.4. The number of aromatic nitrogens is 2. The van der Waals surface area contributed by atoms with Crippen LogP contribution in [0.15, 0.2) is 64.0 Å². The molecular formula is C18H14BrN5O3S. The third-order valence-corrected chi connectivity index (χ3v) is 5.63. The van der Waals surface area contributed by atoms with Crippen LogP contribution in [0.25, 0.3) is 5.69 Å². The third kappa shape index (κ3) is 4.05. The van der Waals surface area contributed by atoms with Gasteiger partial charge >= 0.3 is 6.03 Å². The van der Waals surface area contributed by atoms with E-state index >= 15 is 0 Å². The maximum atomic E-state index is 12.4. The number of nitrogens with zero attached hydrogens (tertiary/aromatic N) is 3. The lowest BCUT2D eigenvalue weighted by Gasteiger charge is -2.11. The number of hydrogen-bond donors (Lipinski definition) is 2. The summed E-state index contributed by atoms with van der Waals surface area (Å²) in [6.07, 6.45) is 0. The Bertz CT molecular complexity index is 1170. The lowest BCUT2D eigenvalue weighted by Crippen LogP contribution is -2.35. The van der Waals surface area contributed by atoms with Crippen LogP contribution in [0.1, 0.15) is 11.3 Å². The largest absolute Gasteiger partial charge is 0.334 e. The molecule has 1 aromatic heterocycles. The molecule has 0 unspecified atom stereocenters. The summed E-state index contributed by atoms with van der Waals surface area (Å²) in [7, 11) is -4.08. The van der Waals surface area contributed by atoms with Crippen molar-refractivity contribution in [1.29, 1.82) is 5.26 Å². The summed E-state index contributed by atoms with van der Waals surface area (Å²) >= 11 is 3.22. The monoisotopic (exact) mass is 459 g/mol. The lowest BCUT2D eigenvalue weighted by molar-refractivity contribution is 0.256. The van der Waals surface area contributed by atoms with Crippen molar-refractivity contribution >= 4 is 37.8 Å². The first kappa shape index (κ1) is 19.6. The van der Waals surface area contributed by atoms with Gasteiger partial charge in [-0.15, -0.1) is 0 Å². The number of carbonyl (C=O) groups excluding carboxylic acids is 1. The molecule has 0 saturated heterocycles. The number of para-hydroxylation sites is 1. The predicted octanol–water partition coefficient (Wildman–Crippen LogP) is 3.33. The zero-order valence-corrected chi connectivity index (χ0v) is 17.0. The average molecular weight is 460 g/mol. The molecule has 2 amide bonds. The summed E-state index contributed by atoms with van der Waals surface area (Å²) in [4.78, 5) is 12.3. The van der Waals surface area contributed by atoms with Gasteiger partial charge in [-0.1, -0.05) is 34.1 Å². The molecule has 10 heteroatoms. The van der Waals surface area contributed by atoms with E-state index in [4.69, 9.17) is 0 Å². The third-order valence-electron chi connectivity index (χ3n) is 3.76. The average Bonchev–Trinajstić information content (AvgIpc) is 2.97. The van der Waals surface area contributed by atoms with E-state index in [9.17, 15) is 18.5 Å². The number of urea groups is 1. The Morgan fingerprint density at radius 3 is 2.39 bits per heavy atom. The zero-order chi connectivity index (χ0) is 20.3. The number of halogens is 1. The van der Waals surface area contributed by atoms with Gasteiger partial charge in [-0.25, -0.2) is 22.6 Å². The quantitative estimate of drug-likeness (QED) is 0.620. The number of nitriles is 1. The fourth-order valence-electron chi connectivity index (χ4n) is 2.46. The molecular weight excluding hydrogens is 446 g/mol. The number of nitrogens with one attached hydrogen (secondary N) is 2. The van der Waals surface area contributed by atoms with E-state index in [2.05, 4.69) is 26.3 Å². The molecule has 0 spiro atoms. The van der Waals surface area contributed by atoms with Gasteiger partial charge < -0.3 is 0 Å². The minimum atomic E-state index is -4.08. The van der Waals surface area contributed by atoms with E-state index in [1.54, 1.807) is 43.3 Å². The molecule has 142 valence electrons. The van der Waals surface area contributed by atoms with Crippen molar-refractivity contribution in [3.63, 3.8) is 0 Å². The molecule has 2 N–H and O–H groups in total. The van der Waals surface area contributed by atoms with Crippen LogP contribution in [-0.4, -0.2) is 24.2 Å². The summed E-state index contributed by atoms with van der Waals surface area (Å²) < 4.78 is 28.8. The molecule has 1 heterocycles. The second-order valence-electron chi connectivity index (χ2n) is 5.68. The summed E-state index contributed by atoms with van der Waals surface area (Å²) in [5.41, 5.74) is 1.15. The Kier molecular flexibility index (Phi) is 5.48. The van der Waals surface area contributed by atoms with Crippen LogP contribution in [0.4, 0.5) is 10.6 Å². The van der Waals surface area contributed by atoms with E-state index < -0.39 is 16.1 Å². The summed E-state index contributed by atoms with van der Waals surface area (Å²) in [5, 5.41) is 16.1. The first-order chi connectivity index (χ1) is 13.3. The number of amides is 2. The van der Waals surface area contributed by atoms with E-state index in [1.807, 2.05) is 16.9 Å². The topological polar surface area (TPSA) is 117 Å². The summed E-state index contributed by atoms with van der Waals surface area (Å²) in [6.45, 7) is 1.62. The van der Waals surface area contributed by atoms with Crippen LogP contribution >= 0.6 is 15.9 Å². The molecule has 0 atom stereocenters. The van der Waals surface area contributed by atoms with Crippen LogP contribution < -0.4 is 10.0 Å². The second-order valence-corrected chi connectivity index (χ2v) is 8.28. The number of carbonyl (C=O) groups is 1. The number of sulfonamides is 1. The van der Waals surface area contributed by atoms with Gasteiger partial charge in [0.15, 0.2) is 5.82 Å². The molecule has 2 aromatic carbocycles. The van der Waals surface area contributed by atoms with Crippen molar-refractivity contribution < 1.29 is 13.2 Å². The predicted molar refractivity (Wildman–Crippen MR) is 106 cm³/mol. The van der Waals surface area contributed by atoms with Gasteiger partial charge in [0, 0.05) is 4.47 Å². The second kappa shape index (κ2) is 7.84. The normalized spacial score (nSPS) is 10.9. The minimum absolute atomic E-state index is 0.0703. The molecule has 0 fully saturated rings. The van der Waals surface area contributed by atoms with Gasteiger partial charge in [0.1, 0.15) is 11.6 Å². The van der Waals surface area contributed by atoms with Crippen molar-refractivity contribution in [2.75, 3.05) is 5.32 Å². The summed E-state index contributed by atoms with van der Waals surface area (Å²) in [5.74, 6) is 0.0784. The van der Waals surface area contributed by atoms with Crippen molar-refractivity contribution in [3.05, 3.63) is 70.3 Å². The number of aryl methyl sites for hydroxylation is 1. The summed E-state index contributed by atoms with van der Waals surface area (Å²) in [6, 6.07) is 15.7. The first-order valence-corrected chi connectivity index (χ1v) is 10.2. The van der Waals surface area contributed by atoms with Crippen molar-refractivity contribution in [2.24, 2.45) is 0 Å². The van der Waals surface area contributed by atoms with Crippen LogP contribution in [0.5, 0.6) is 0 Å². The lowest BCUT2D eigenvalue weighted by atomic mass is 10.2. The highest BCUT2D eigenvalue weighted by Crippen LogP contribution is 2.23. The van der Waals surface area contributed by atoms with Crippen LogP contribution in [0, 0.1) is 18.3 Å². The Labute approximate surface area is 170 Å². The Morgan fingerprint density at radius 2 is 1.79 bits per heavy atom. The highest BCUT2D eigenvalue weighted by atomic mass is 79.9. The maximum Gasteiger partial charge on any atom is 0.334 e. The number of hydrogen-bond acceptors (Lipinski definition) is 5. The highest BCUT2D eigenvalue weighted by Gasteiger charge is 2.22. The zero-order valence-electron chi connectivity index (χ0n) is 14.5. The molecule has 0 bridgehead atoms. The molecule has 3 aromatic rings. The standard InChI is InChI=1S/C18H14BrN5O3S/c1-12-16(11-20)17(24(22-12)14-5-3-2-4-6-14)21-18(25)23-28(26,27)15-9-7-13(19)8-10-15/h2-10H,1H3,(H2,21,23,25). The van der Waals surface area contributed by atoms with E-state index in [0.717, 1.165) is 0 Å². The number of benzene rings is 2. The van der Waals surface area contributed by atoms with Gasteiger partial charge in [-0.05, 0) is 43.3 Å². The molecule has 8 nitrogen and oxygen atoms in total. The van der Waals surface area contributed by atoms with Gasteiger partial charge in [0.05, 0.1) is 16.3 Å².